The summed E-state index contributed by atoms with van der Waals surface area (Å²) in [7, 11) is -3.71. The molecule has 12 heteroatoms. The molecular weight excluding hydrogens is 460 g/mol. The molecule has 11 nitrogen and oxygen atoms in total. The Morgan fingerprint density at radius 2 is 1.85 bits per heavy atom. The molecule has 0 aromatic carbocycles. The van der Waals surface area contributed by atoms with E-state index in [1.165, 1.54) is 4.31 Å². The van der Waals surface area contributed by atoms with Crippen LogP contribution in [0.25, 0.3) is 0 Å². The van der Waals surface area contributed by atoms with Crippen LogP contribution in [0.1, 0.15) is 37.1 Å². The molecule has 184 valence electrons. The lowest BCUT2D eigenvalue weighted by molar-refractivity contribution is -0.122. The lowest BCUT2D eigenvalue weighted by Gasteiger charge is -2.32. The van der Waals surface area contributed by atoms with E-state index in [-0.39, 0.29) is 47.4 Å². The zero-order valence-electron chi connectivity index (χ0n) is 19.4. The van der Waals surface area contributed by atoms with E-state index in [1.54, 1.807) is 26.1 Å². The van der Waals surface area contributed by atoms with Gasteiger partial charge in [0.25, 0.3) is 0 Å². The van der Waals surface area contributed by atoms with E-state index >= 15 is 0 Å². The number of carbonyl (C=O) groups is 2. The van der Waals surface area contributed by atoms with Gasteiger partial charge in [-0.15, -0.1) is 0 Å². The van der Waals surface area contributed by atoms with Gasteiger partial charge in [-0.1, -0.05) is 5.16 Å². The van der Waals surface area contributed by atoms with Crippen LogP contribution in [0.4, 0.5) is 11.5 Å². The quantitative estimate of drug-likeness (QED) is 0.617. The molecule has 2 fully saturated rings. The number of hydrogen-bond donors (Lipinski definition) is 2. The minimum absolute atomic E-state index is 0.109. The summed E-state index contributed by atoms with van der Waals surface area (Å²) in [6, 6.07) is 3.60. The number of carbonyl (C=O) groups excluding carboxylic acids is 2. The summed E-state index contributed by atoms with van der Waals surface area (Å²) < 4.78 is 32.3. The fraction of sp³-hybridized carbons (Fsp3) is 0.545. The first-order valence-corrected chi connectivity index (χ1v) is 12.8. The summed E-state index contributed by atoms with van der Waals surface area (Å²) in [6.45, 7) is 5.02. The Kier molecular flexibility index (Phi) is 6.89. The molecule has 0 radical (unpaired) electrons. The van der Waals surface area contributed by atoms with E-state index in [9.17, 15) is 18.0 Å². The third kappa shape index (κ3) is 4.92. The number of sulfonamides is 1. The fourth-order valence-corrected chi connectivity index (χ4v) is 6.40. The third-order valence-corrected chi connectivity index (χ3v) is 8.70. The third-order valence-electron chi connectivity index (χ3n) is 6.55. The molecule has 2 aliphatic heterocycles. The van der Waals surface area contributed by atoms with Crippen molar-refractivity contribution in [2.24, 2.45) is 17.6 Å². The lowest BCUT2D eigenvalue weighted by Crippen LogP contribution is -2.41. The Bertz CT molecular complexity index is 1140. The highest BCUT2D eigenvalue weighted by Gasteiger charge is 2.35. The Morgan fingerprint density at radius 1 is 1.12 bits per heavy atom. The molecule has 2 aliphatic rings. The minimum Gasteiger partial charge on any atom is -0.369 e. The zero-order chi connectivity index (χ0) is 24.5. The first-order valence-electron chi connectivity index (χ1n) is 11.4. The normalized spacial score (nSPS) is 20.3. The zero-order valence-corrected chi connectivity index (χ0v) is 20.2. The van der Waals surface area contributed by atoms with Gasteiger partial charge in [-0.2, -0.15) is 4.31 Å². The number of primary amides is 1. The highest BCUT2D eigenvalue weighted by molar-refractivity contribution is 7.89. The first kappa shape index (κ1) is 24.1. The van der Waals surface area contributed by atoms with E-state index in [0.717, 1.165) is 25.2 Å². The molecule has 0 bridgehead atoms. The number of anilines is 2. The van der Waals surface area contributed by atoms with Gasteiger partial charge < -0.3 is 20.5 Å². The molecule has 34 heavy (non-hydrogen) atoms. The maximum Gasteiger partial charge on any atom is 0.248 e. The number of pyridine rings is 1. The van der Waals surface area contributed by atoms with Crippen molar-refractivity contribution in [3.8, 4) is 0 Å². The summed E-state index contributed by atoms with van der Waals surface area (Å²) in [5.74, 6) is 0.0797. The van der Waals surface area contributed by atoms with Gasteiger partial charge >= 0.3 is 0 Å². The van der Waals surface area contributed by atoms with Crippen LogP contribution in [-0.2, 0) is 19.6 Å². The topological polar surface area (TPSA) is 152 Å². The number of amides is 2. The van der Waals surface area contributed by atoms with Crippen molar-refractivity contribution in [2.45, 2.75) is 44.4 Å². The first-order chi connectivity index (χ1) is 16.2. The molecule has 2 aromatic heterocycles. The van der Waals surface area contributed by atoms with E-state index in [1.807, 2.05) is 11.0 Å². The SMILES string of the molecule is Cc1noc(C)c1S(=O)(=O)N1CCC(C(=O)Nc2ccc(N3CCCC(C(N)=O)C3)nc2)CC1. The fourth-order valence-electron chi connectivity index (χ4n) is 4.64. The molecule has 0 saturated carbocycles. The monoisotopic (exact) mass is 490 g/mol. The van der Waals surface area contributed by atoms with E-state index in [4.69, 9.17) is 10.3 Å². The number of aryl methyl sites for hydroxylation is 2. The van der Waals surface area contributed by atoms with Crippen molar-refractivity contribution in [3.63, 3.8) is 0 Å². The Labute approximate surface area is 198 Å². The van der Waals surface area contributed by atoms with Crippen LogP contribution in [0.3, 0.4) is 0 Å². The predicted molar refractivity (Wildman–Crippen MR) is 124 cm³/mol. The van der Waals surface area contributed by atoms with Crippen molar-refractivity contribution < 1.29 is 22.5 Å². The van der Waals surface area contributed by atoms with Crippen LogP contribution < -0.4 is 16.0 Å². The van der Waals surface area contributed by atoms with Gasteiger partial charge in [0.05, 0.1) is 17.8 Å². The van der Waals surface area contributed by atoms with Gasteiger partial charge in [0.1, 0.15) is 16.4 Å². The summed E-state index contributed by atoms with van der Waals surface area (Å²) in [5.41, 5.74) is 6.36. The molecule has 4 heterocycles. The van der Waals surface area contributed by atoms with Crippen LogP contribution in [-0.4, -0.2) is 60.9 Å². The number of nitrogens with two attached hydrogens (primary N) is 1. The second-order valence-electron chi connectivity index (χ2n) is 8.91. The molecule has 2 amide bonds. The maximum absolute atomic E-state index is 13.0. The summed E-state index contributed by atoms with van der Waals surface area (Å²) in [6.07, 6.45) is 4.10. The Balaban J connectivity index is 1.32. The molecule has 1 atom stereocenters. The van der Waals surface area contributed by atoms with Crippen molar-refractivity contribution in [1.82, 2.24) is 14.4 Å². The number of aromatic nitrogens is 2. The smallest absolute Gasteiger partial charge is 0.248 e. The van der Waals surface area contributed by atoms with Crippen molar-refractivity contribution >= 4 is 33.3 Å². The highest BCUT2D eigenvalue weighted by atomic mass is 32.2. The maximum atomic E-state index is 13.0. The van der Waals surface area contributed by atoms with E-state index < -0.39 is 10.0 Å². The lowest BCUT2D eigenvalue weighted by atomic mass is 9.97. The average molecular weight is 491 g/mol. The van der Waals surface area contributed by atoms with Gasteiger partial charge in [0.15, 0.2) is 5.76 Å². The average Bonchev–Trinajstić information content (AvgIpc) is 3.18. The number of piperidine rings is 2. The highest BCUT2D eigenvalue weighted by Crippen LogP contribution is 2.28. The van der Waals surface area contributed by atoms with Gasteiger partial charge in [-0.05, 0) is 51.7 Å². The predicted octanol–water partition coefficient (Wildman–Crippen LogP) is 1.43. The summed E-state index contributed by atoms with van der Waals surface area (Å²) >= 11 is 0. The van der Waals surface area contributed by atoms with Crippen LogP contribution in [0.5, 0.6) is 0 Å². The largest absolute Gasteiger partial charge is 0.369 e. The van der Waals surface area contributed by atoms with Crippen LogP contribution >= 0.6 is 0 Å². The standard InChI is InChI=1S/C22H30N6O5S/c1-14-20(15(2)33-26-14)34(31,32)28-10-7-16(8-11-28)22(30)25-18-5-6-19(24-12-18)27-9-3-4-17(13-27)21(23)29/h5-6,12,16-17H,3-4,7-11,13H2,1-2H3,(H2,23,29)(H,25,30). The van der Waals surface area contributed by atoms with Crippen molar-refractivity contribution in [2.75, 3.05) is 36.4 Å². The Hall–Kier alpha value is -2.99. The van der Waals surface area contributed by atoms with E-state index in [2.05, 4.69) is 15.5 Å². The molecule has 2 saturated heterocycles. The van der Waals surface area contributed by atoms with Crippen molar-refractivity contribution in [1.29, 1.82) is 0 Å². The van der Waals surface area contributed by atoms with E-state index in [0.29, 0.717) is 30.8 Å². The number of hydrogen-bond acceptors (Lipinski definition) is 8. The molecular formula is C22H30N6O5S. The van der Waals surface area contributed by atoms with Crippen LogP contribution in [0.15, 0.2) is 27.7 Å². The van der Waals surface area contributed by atoms with Gasteiger partial charge in [0.2, 0.25) is 21.8 Å². The number of nitrogens with zero attached hydrogens (tertiary/aromatic N) is 4. The molecule has 1 unspecified atom stereocenters. The number of rotatable bonds is 6. The summed E-state index contributed by atoms with van der Waals surface area (Å²) in [4.78, 5) is 30.9. The van der Waals surface area contributed by atoms with Crippen molar-refractivity contribution in [3.05, 3.63) is 29.8 Å². The van der Waals surface area contributed by atoms with Crippen LogP contribution in [0.2, 0.25) is 0 Å². The molecule has 2 aromatic rings. The minimum atomic E-state index is -3.71. The second kappa shape index (κ2) is 9.71. The molecule has 0 spiro atoms. The van der Waals surface area contributed by atoms with Crippen LogP contribution in [0, 0.1) is 25.7 Å². The molecule has 0 aliphatic carbocycles. The van der Waals surface area contributed by atoms with Gasteiger partial charge in [-0.3, -0.25) is 9.59 Å². The second-order valence-corrected chi connectivity index (χ2v) is 10.8. The Morgan fingerprint density at radius 3 is 2.44 bits per heavy atom. The summed E-state index contributed by atoms with van der Waals surface area (Å²) in [5, 5.41) is 6.62. The van der Waals surface area contributed by atoms with Gasteiger partial charge in [-0.25, -0.2) is 13.4 Å². The van der Waals surface area contributed by atoms with Gasteiger partial charge in [0, 0.05) is 32.1 Å². The number of nitrogens with one attached hydrogen (secondary N) is 1. The molecule has 4 rings (SSSR count). The molecule has 3 N–H and O–H groups in total.